The summed E-state index contributed by atoms with van der Waals surface area (Å²) < 4.78 is 71.0. The Balaban J connectivity index is 4.61. The minimum absolute atomic E-state index is 0.469. The summed E-state index contributed by atoms with van der Waals surface area (Å²) in [6, 6.07) is 0. The van der Waals surface area contributed by atoms with Crippen LogP contribution < -0.4 is 0 Å². The van der Waals surface area contributed by atoms with Gasteiger partial charge in [-0.1, -0.05) is 6.08 Å². The molecule has 0 aliphatic heterocycles. The molecule has 0 spiro atoms. The van der Waals surface area contributed by atoms with E-state index in [0.717, 1.165) is 0 Å². The van der Waals surface area contributed by atoms with Crippen LogP contribution in [0.1, 0.15) is 6.42 Å². The molecule has 0 amide bonds. The molecule has 0 atom stereocenters. The lowest BCUT2D eigenvalue weighted by Gasteiger charge is -2.24. The number of halogens is 6. The van der Waals surface area contributed by atoms with Gasteiger partial charge in [0.05, 0.1) is 0 Å². The molecule has 0 aromatic carbocycles. The summed E-state index contributed by atoms with van der Waals surface area (Å²) in [7, 11) is 0. The van der Waals surface area contributed by atoms with Crippen molar-refractivity contribution in [3.8, 4) is 0 Å². The molecule has 0 saturated heterocycles. The Bertz CT molecular complexity index is 161. The second-order valence-electron chi connectivity index (χ2n) is 2.12. The molecule has 6 heteroatoms. The zero-order valence-electron chi connectivity index (χ0n) is 5.84. The Labute approximate surface area is 64.9 Å². The fraction of sp³-hybridized carbons (Fsp3) is 0.667. The van der Waals surface area contributed by atoms with Gasteiger partial charge >= 0.3 is 18.3 Å². The fourth-order valence-electron chi connectivity index (χ4n) is 0.477. The number of rotatable bonds is 4. The highest BCUT2D eigenvalue weighted by Gasteiger charge is 2.61. The van der Waals surface area contributed by atoms with E-state index in [2.05, 4.69) is 6.58 Å². The van der Waals surface area contributed by atoms with E-state index in [0.29, 0.717) is 6.08 Å². The van der Waals surface area contributed by atoms with Gasteiger partial charge in [-0.25, -0.2) is 8.78 Å². The summed E-state index contributed by atoms with van der Waals surface area (Å²) in [6.45, 7) is 2.76. The van der Waals surface area contributed by atoms with Gasteiger partial charge in [0.15, 0.2) is 0 Å². The third-order valence-electron chi connectivity index (χ3n) is 1.16. The van der Waals surface area contributed by atoms with Gasteiger partial charge in [-0.3, -0.25) is 0 Å². The molecule has 0 aromatic rings. The molecule has 0 saturated carbocycles. The molecule has 12 heavy (non-hydrogen) atoms. The van der Waals surface area contributed by atoms with Gasteiger partial charge in [-0.05, 0) is 0 Å². The SMILES string of the molecule is C=CCC(F)(F)C(F)(F)C(F)F. The predicted molar refractivity (Wildman–Crippen MR) is 30.7 cm³/mol. The summed E-state index contributed by atoms with van der Waals surface area (Å²) in [5, 5.41) is 0. The van der Waals surface area contributed by atoms with Crippen LogP contribution in [0.5, 0.6) is 0 Å². The maximum Gasteiger partial charge on any atom is 0.369 e. The maximum absolute atomic E-state index is 12.2. The summed E-state index contributed by atoms with van der Waals surface area (Å²) >= 11 is 0. The lowest BCUT2D eigenvalue weighted by atomic mass is 10.1. The molecular weight excluding hydrogens is 186 g/mol. The standard InChI is InChI=1S/C6H6F6/c1-2-3-5(9,10)6(11,12)4(7)8/h2,4H,1,3H2. The van der Waals surface area contributed by atoms with Crippen LogP contribution in [-0.4, -0.2) is 18.3 Å². The van der Waals surface area contributed by atoms with Gasteiger partial charge in [0.2, 0.25) is 0 Å². The molecule has 72 valence electrons. The Hall–Kier alpha value is -0.680. The van der Waals surface area contributed by atoms with Crippen molar-refractivity contribution in [3.05, 3.63) is 12.7 Å². The number of hydrogen-bond donors (Lipinski definition) is 0. The molecule has 0 aliphatic rings. The topological polar surface area (TPSA) is 0 Å². The summed E-state index contributed by atoms with van der Waals surface area (Å²) in [6.07, 6.45) is -5.37. The average molecular weight is 192 g/mol. The highest BCUT2D eigenvalue weighted by atomic mass is 19.3. The predicted octanol–water partition coefficient (Wildman–Crippen LogP) is 3.10. The molecule has 0 bridgehead atoms. The van der Waals surface area contributed by atoms with E-state index >= 15 is 0 Å². The minimum Gasteiger partial charge on any atom is -0.203 e. The van der Waals surface area contributed by atoms with Gasteiger partial charge in [-0.15, -0.1) is 6.58 Å². The first-order chi connectivity index (χ1) is 5.25. The Morgan fingerprint density at radius 1 is 1.17 bits per heavy atom. The number of alkyl halides is 6. The van der Waals surface area contributed by atoms with E-state index in [1.165, 1.54) is 0 Å². The molecule has 0 rings (SSSR count). The quantitative estimate of drug-likeness (QED) is 0.474. The van der Waals surface area contributed by atoms with Crippen LogP contribution in [0.25, 0.3) is 0 Å². The van der Waals surface area contributed by atoms with E-state index in [1.807, 2.05) is 0 Å². The van der Waals surface area contributed by atoms with E-state index in [4.69, 9.17) is 0 Å². The molecule has 0 fully saturated rings. The van der Waals surface area contributed by atoms with Crippen molar-refractivity contribution in [3.63, 3.8) is 0 Å². The van der Waals surface area contributed by atoms with Crippen molar-refractivity contribution in [2.24, 2.45) is 0 Å². The third kappa shape index (κ3) is 1.92. The van der Waals surface area contributed by atoms with Crippen molar-refractivity contribution in [2.45, 2.75) is 24.7 Å². The molecule has 0 aliphatic carbocycles. The van der Waals surface area contributed by atoms with Gasteiger partial charge in [0.1, 0.15) is 0 Å². The first-order valence-electron chi connectivity index (χ1n) is 2.90. The Morgan fingerprint density at radius 3 is 1.83 bits per heavy atom. The number of allylic oxidation sites excluding steroid dienone is 1. The van der Waals surface area contributed by atoms with Gasteiger partial charge in [0, 0.05) is 6.42 Å². The molecule has 0 N–H and O–H groups in total. The fourth-order valence-corrected chi connectivity index (χ4v) is 0.477. The van der Waals surface area contributed by atoms with Crippen molar-refractivity contribution >= 4 is 0 Å². The van der Waals surface area contributed by atoms with E-state index in [1.54, 1.807) is 0 Å². The lowest BCUT2D eigenvalue weighted by molar-refractivity contribution is -0.261. The molecule has 0 heterocycles. The van der Waals surface area contributed by atoms with Gasteiger partial charge < -0.3 is 0 Å². The van der Waals surface area contributed by atoms with Crippen molar-refractivity contribution < 1.29 is 26.3 Å². The van der Waals surface area contributed by atoms with E-state index in [-0.39, 0.29) is 0 Å². The molecule has 0 aromatic heterocycles. The first-order valence-corrected chi connectivity index (χ1v) is 2.90. The molecule has 0 unspecified atom stereocenters. The number of hydrogen-bond acceptors (Lipinski definition) is 0. The molecular formula is C6H6F6. The first kappa shape index (κ1) is 11.3. The zero-order valence-corrected chi connectivity index (χ0v) is 5.84. The maximum atomic E-state index is 12.2. The van der Waals surface area contributed by atoms with Crippen LogP contribution in [0.2, 0.25) is 0 Å². The average Bonchev–Trinajstić information content (AvgIpc) is 1.86. The molecule has 0 nitrogen and oxygen atoms in total. The van der Waals surface area contributed by atoms with Crippen LogP contribution in [-0.2, 0) is 0 Å². The van der Waals surface area contributed by atoms with Crippen LogP contribution in [0.3, 0.4) is 0 Å². The van der Waals surface area contributed by atoms with Crippen molar-refractivity contribution in [1.29, 1.82) is 0 Å². The second-order valence-corrected chi connectivity index (χ2v) is 2.12. The van der Waals surface area contributed by atoms with E-state index in [9.17, 15) is 26.3 Å². The Morgan fingerprint density at radius 2 is 1.58 bits per heavy atom. The normalized spacial score (nSPS) is 13.6. The van der Waals surface area contributed by atoms with Crippen LogP contribution >= 0.6 is 0 Å². The van der Waals surface area contributed by atoms with Crippen LogP contribution in [0.4, 0.5) is 26.3 Å². The van der Waals surface area contributed by atoms with Crippen LogP contribution in [0.15, 0.2) is 12.7 Å². The van der Waals surface area contributed by atoms with Crippen molar-refractivity contribution in [1.82, 2.24) is 0 Å². The van der Waals surface area contributed by atoms with Crippen molar-refractivity contribution in [2.75, 3.05) is 0 Å². The molecule has 0 radical (unpaired) electrons. The zero-order chi connectivity index (χ0) is 9.99. The lowest BCUT2D eigenvalue weighted by Crippen LogP contribution is -2.45. The van der Waals surface area contributed by atoms with Gasteiger partial charge in [-0.2, -0.15) is 17.6 Å². The highest BCUT2D eigenvalue weighted by Crippen LogP contribution is 2.41. The Kier molecular flexibility index (Phi) is 3.17. The summed E-state index contributed by atoms with van der Waals surface area (Å²) in [4.78, 5) is 0. The summed E-state index contributed by atoms with van der Waals surface area (Å²) in [5.41, 5.74) is 0. The second kappa shape index (κ2) is 3.37. The third-order valence-corrected chi connectivity index (χ3v) is 1.16. The van der Waals surface area contributed by atoms with E-state index < -0.39 is 24.7 Å². The smallest absolute Gasteiger partial charge is 0.203 e. The largest absolute Gasteiger partial charge is 0.369 e. The highest BCUT2D eigenvalue weighted by molar-refractivity contribution is 4.91. The monoisotopic (exact) mass is 192 g/mol. The van der Waals surface area contributed by atoms with Gasteiger partial charge in [0.25, 0.3) is 0 Å². The minimum atomic E-state index is -5.29. The van der Waals surface area contributed by atoms with Crippen LogP contribution in [0, 0.1) is 0 Å². The summed E-state index contributed by atoms with van der Waals surface area (Å²) in [5.74, 6) is -10.0.